The maximum atomic E-state index is 12.8. The van der Waals surface area contributed by atoms with Gasteiger partial charge in [-0.05, 0) is 30.3 Å². The lowest BCUT2D eigenvalue weighted by atomic mass is 10.1. The predicted molar refractivity (Wildman–Crippen MR) is 122 cm³/mol. The molecule has 1 unspecified atom stereocenters. The first-order valence-electron chi connectivity index (χ1n) is 10.2. The molecule has 33 heavy (non-hydrogen) atoms. The lowest BCUT2D eigenvalue weighted by Crippen LogP contribution is -2.27. The van der Waals surface area contributed by atoms with E-state index < -0.39 is 16.1 Å². The molecule has 0 saturated carbocycles. The highest BCUT2D eigenvalue weighted by molar-refractivity contribution is 7.89. The van der Waals surface area contributed by atoms with Crippen molar-refractivity contribution in [1.82, 2.24) is 14.1 Å². The zero-order valence-corrected chi connectivity index (χ0v) is 18.8. The normalized spacial score (nSPS) is 17.2. The second-order valence-corrected chi connectivity index (χ2v) is 9.88. The van der Waals surface area contributed by atoms with Crippen LogP contribution >= 0.6 is 0 Å². The fourth-order valence-corrected chi connectivity index (χ4v) is 4.65. The van der Waals surface area contributed by atoms with Gasteiger partial charge >= 0.3 is 0 Å². The number of ether oxygens (including phenoxy) is 2. The van der Waals surface area contributed by atoms with E-state index in [0.29, 0.717) is 29.3 Å². The van der Waals surface area contributed by atoms with E-state index in [9.17, 15) is 13.2 Å². The van der Waals surface area contributed by atoms with Crippen LogP contribution in [0.5, 0.6) is 11.5 Å². The summed E-state index contributed by atoms with van der Waals surface area (Å²) in [6.45, 7) is 0.166. The summed E-state index contributed by atoms with van der Waals surface area (Å²) in [4.78, 5) is 12.9. The topological polar surface area (TPSA) is 106 Å². The molecule has 5 rings (SSSR count). The van der Waals surface area contributed by atoms with Crippen LogP contribution in [0.4, 0.5) is 5.69 Å². The van der Waals surface area contributed by atoms with Gasteiger partial charge in [-0.25, -0.2) is 17.4 Å². The van der Waals surface area contributed by atoms with Gasteiger partial charge in [0.1, 0.15) is 11.7 Å². The number of nitrogens with zero attached hydrogens (tertiary/aromatic N) is 5. The Balaban J connectivity index is 1.52. The van der Waals surface area contributed by atoms with E-state index in [4.69, 9.17) is 9.47 Å². The van der Waals surface area contributed by atoms with Crippen LogP contribution in [-0.2, 0) is 10.0 Å². The number of sulfonamides is 1. The van der Waals surface area contributed by atoms with Gasteiger partial charge in [-0.2, -0.15) is 10.2 Å². The maximum absolute atomic E-state index is 12.8. The Morgan fingerprint density at radius 3 is 2.67 bits per heavy atom. The number of benzene rings is 2. The largest absolute Gasteiger partial charge is 0.454 e. The molecule has 2 aliphatic heterocycles. The molecular weight excluding hydrogens is 446 g/mol. The monoisotopic (exact) mass is 467 g/mol. The van der Waals surface area contributed by atoms with E-state index >= 15 is 0 Å². The van der Waals surface area contributed by atoms with Crippen LogP contribution in [0.1, 0.15) is 18.2 Å². The molecule has 0 bridgehead atoms. The third-order valence-corrected chi connectivity index (χ3v) is 7.27. The van der Waals surface area contributed by atoms with Crippen LogP contribution in [-0.4, -0.2) is 49.6 Å². The molecule has 0 fully saturated rings. The molecule has 10 nitrogen and oxygen atoms in total. The third-order valence-electron chi connectivity index (χ3n) is 5.46. The second kappa shape index (κ2) is 8.01. The van der Waals surface area contributed by atoms with Gasteiger partial charge in [0.05, 0.1) is 16.3 Å². The van der Waals surface area contributed by atoms with Crippen LogP contribution in [0.15, 0.2) is 69.5 Å². The Hall–Kier alpha value is -3.70. The molecule has 0 saturated heterocycles. The summed E-state index contributed by atoms with van der Waals surface area (Å²) < 4.78 is 38.5. The van der Waals surface area contributed by atoms with Crippen LogP contribution in [0.3, 0.4) is 0 Å². The smallest absolute Gasteiger partial charge is 0.242 e. The molecule has 0 amide bonds. The van der Waals surface area contributed by atoms with E-state index in [1.165, 1.54) is 43.2 Å². The number of fused-ring (bicyclic) bond motifs is 1. The predicted octanol–water partition coefficient (Wildman–Crippen LogP) is 2.15. The highest BCUT2D eigenvalue weighted by atomic mass is 32.2. The van der Waals surface area contributed by atoms with E-state index in [1.54, 1.807) is 29.4 Å². The minimum absolute atomic E-state index is 0.137. The first-order chi connectivity index (χ1) is 15.8. The molecule has 2 aromatic carbocycles. The highest BCUT2D eigenvalue weighted by Gasteiger charge is 2.29. The third kappa shape index (κ3) is 3.74. The fraction of sp³-hybridized carbons (Fsp3) is 0.227. The summed E-state index contributed by atoms with van der Waals surface area (Å²) in [7, 11) is -0.662. The van der Waals surface area contributed by atoms with E-state index in [2.05, 4.69) is 10.2 Å². The van der Waals surface area contributed by atoms with Gasteiger partial charge in [0, 0.05) is 45.1 Å². The van der Waals surface area contributed by atoms with Crippen molar-refractivity contribution in [3.05, 3.63) is 70.6 Å². The van der Waals surface area contributed by atoms with E-state index in [1.807, 2.05) is 12.1 Å². The van der Waals surface area contributed by atoms with Gasteiger partial charge < -0.3 is 9.47 Å². The van der Waals surface area contributed by atoms with E-state index in [0.717, 1.165) is 9.99 Å². The lowest BCUT2D eigenvalue weighted by molar-refractivity contribution is 0.174. The lowest BCUT2D eigenvalue weighted by Gasteiger charge is -2.23. The second-order valence-electron chi connectivity index (χ2n) is 7.73. The van der Waals surface area contributed by atoms with Crippen molar-refractivity contribution in [1.29, 1.82) is 0 Å². The van der Waals surface area contributed by atoms with Crippen molar-refractivity contribution in [2.45, 2.75) is 17.4 Å². The maximum Gasteiger partial charge on any atom is 0.242 e. The highest BCUT2D eigenvalue weighted by Crippen LogP contribution is 2.39. The number of hydrazone groups is 1. The molecule has 0 aliphatic carbocycles. The average Bonchev–Trinajstić information content (AvgIpc) is 3.48. The molecule has 2 aliphatic rings. The van der Waals surface area contributed by atoms with Gasteiger partial charge in [0.15, 0.2) is 11.5 Å². The van der Waals surface area contributed by atoms with Crippen molar-refractivity contribution in [3.63, 3.8) is 0 Å². The minimum atomic E-state index is -3.61. The quantitative estimate of drug-likeness (QED) is 0.566. The number of hydrogen-bond donors (Lipinski definition) is 0. The van der Waals surface area contributed by atoms with Gasteiger partial charge in [-0.1, -0.05) is 6.07 Å². The summed E-state index contributed by atoms with van der Waals surface area (Å²) in [6.07, 6.45) is 3.75. The van der Waals surface area contributed by atoms with Gasteiger partial charge in [0.2, 0.25) is 22.2 Å². The number of aromatic nitrogens is 2. The van der Waals surface area contributed by atoms with Crippen molar-refractivity contribution in [2.24, 2.45) is 5.10 Å². The summed E-state index contributed by atoms with van der Waals surface area (Å²) in [5.74, 6) is 1.27. The Bertz CT molecular complexity index is 1420. The van der Waals surface area contributed by atoms with Crippen molar-refractivity contribution in [2.75, 3.05) is 25.9 Å². The molecule has 170 valence electrons. The van der Waals surface area contributed by atoms with Crippen LogP contribution in [0.2, 0.25) is 0 Å². The van der Waals surface area contributed by atoms with Crippen LogP contribution in [0.25, 0.3) is 5.69 Å². The molecule has 3 heterocycles. The van der Waals surface area contributed by atoms with Crippen molar-refractivity contribution in [3.8, 4) is 17.2 Å². The molecule has 11 heteroatoms. The molecule has 3 aromatic rings. The van der Waals surface area contributed by atoms with Crippen molar-refractivity contribution < 1.29 is 17.9 Å². The van der Waals surface area contributed by atoms with Gasteiger partial charge in [-0.15, -0.1) is 0 Å². The molecule has 0 spiro atoms. The SMILES string of the molecule is CN(C)S(=O)(=O)c1cccc(-n2ccc(=O)c(C3CC=NN3c3ccc4c(c3)OCO4)n2)c1. The summed E-state index contributed by atoms with van der Waals surface area (Å²) >= 11 is 0. The zero-order valence-electron chi connectivity index (χ0n) is 18.0. The minimum Gasteiger partial charge on any atom is -0.454 e. The summed E-state index contributed by atoms with van der Waals surface area (Å²) in [5, 5.41) is 10.7. The molecule has 1 aromatic heterocycles. The standard InChI is InChI=1S/C22H21N5O5S/c1-25(2)33(29,30)17-5-3-4-15(12-17)26-11-9-19(28)22(24-26)18-8-10-23-27(18)16-6-7-20-21(13-16)32-14-31-20/h3-7,9-13,18H,8,14H2,1-2H3. The molecular formula is C22H21N5O5S. The average molecular weight is 468 g/mol. The Morgan fingerprint density at radius 1 is 1.03 bits per heavy atom. The summed E-state index contributed by atoms with van der Waals surface area (Å²) in [6, 6.07) is 12.9. The van der Waals surface area contributed by atoms with Crippen molar-refractivity contribution >= 4 is 21.9 Å². The van der Waals surface area contributed by atoms with Crippen LogP contribution < -0.4 is 19.9 Å². The summed E-state index contributed by atoms with van der Waals surface area (Å²) in [5.41, 5.74) is 1.33. The first kappa shape index (κ1) is 21.2. The molecule has 0 N–H and O–H groups in total. The Kier molecular flexibility index (Phi) is 5.14. The van der Waals surface area contributed by atoms with Gasteiger partial charge in [-0.3, -0.25) is 9.80 Å². The zero-order chi connectivity index (χ0) is 23.2. The molecule has 1 atom stereocenters. The fourth-order valence-electron chi connectivity index (χ4n) is 3.71. The van der Waals surface area contributed by atoms with E-state index in [-0.39, 0.29) is 17.1 Å². The Morgan fingerprint density at radius 2 is 1.85 bits per heavy atom. The molecule has 0 radical (unpaired) electrons. The first-order valence-corrected chi connectivity index (χ1v) is 11.6. The van der Waals surface area contributed by atoms with Gasteiger partial charge in [0.25, 0.3) is 0 Å². The van der Waals surface area contributed by atoms with Crippen LogP contribution in [0, 0.1) is 0 Å². The number of anilines is 1. The Labute approximate surface area is 190 Å². The number of rotatable bonds is 5. The number of hydrogen-bond acceptors (Lipinski definition) is 8.